The monoisotopic (exact) mass is 407 g/mol. The third-order valence-electron chi connectivity index (χ3n) is 3.54. The first-order chi connectivity index (χ1) is 12.5. The van der Waals surface area contributed by atoms with E-state index in [0.717, 1.165) is 5.56 Å². The number of thioether (sulfide) groups is 1. The lowest BCUT2D eigenvalue weighted by Crippen LogP contribution is -2.28. The molecule has 134 valence electrons. The van der Waals surface area contributed by atoms with Crippen LogP contribution in [0.1, 0.15) is 12.0 Å². The van der Waals surface area contributed by atoms with E-state index in [1.807, 2.05) is 30.3 Å². The molecule has 0 unspecified atom stereocenters. The van der Waals surface area contributed by atoms with Gasteiger partial charge in [0.2, 0.25) is 11.8 Å². The van der Waals surface area contributed by atoms with E-state index in [-0.39, 0.29) is 18.2 Å². The number of rotatable bonds is 5. The largest absolute Gasteiger partial charge is 0.326 e. The van der Waals surface area contributed by atoms with Crippen LogP contribution in [0, 0.1) is 0 Å². The second kappa shape index (κ2) is 8.58. The number of carbonyl (C=O) groups is 2. The van der Waals surface area contributed by atoms with Crippen molar-refractivity contribution in [3.05, 3.63) is 64.1 Å². The predicted octanol–water partition coefficient (Wildman–Crippen LogP) is 4.11. The molecule has 8 heteroatoms. The molecular weight excluding hydrogens is 393 g/mol. The lowest BCUT2D eigenvalue weighted by molar-refractivity contribution is -0.122. The minimum Gasteiger partial charge on any atom is -0.326 e. The standard InChI is InChI=1S/C18H15Cl2N3O2S/c19-12-6-13(20)8-14(7-12)22-16(24)9-15-17(25)23-18(26-15)21-10-11-4-2-1-3-5-11/h1-8,15H,9-10H2,(H,22,24)(H,21,23,25)/t15-/m0/s1. The SMILES string of the molecule is O=C(C[C@@H]1SC(=NCc2ccccc2)NC1=O)Nc1cc(Cl)cc(Cl)c1. The highest BCUT2D eigenvalue weighted by atomic mass is 35.5. The lowest BCUT2D eigenvalue weighted by atomic mass is 10.2. The van der Waals surface area contributed by atoms with Crippen LogP contribution in [-0.4, -0.2) is 22.2 Å². The predicted molar refractivity (Wildman–Crippen MR) is 107 cm³/mol. The first-order valence-corrected chi connectivity index (χ1v) is 9.45. The molecule has 3 rings (SSSR count). The summed E-state index contributed by atoms with van der Waals surface area (Å²) in [4.78, 5) is 28.6. The number of aliphatic imine (C=N–C) groups is 1. The average Bonchev–Trinajstić information content (AvgIpc) is 2.92. The molecule has 2 aromatic rings. The quantitative estimate of drug-likeness (QED) is 0.782. The molecule has 0 spiro atoms. The van der Waals surface area contributed by atoms with Crippen LogP contribution in [-0.2, 0) is 16.1 Å². The summed E-state index contributed by atoms with van der Waals surface area (Å²) in [6.45, 7) is 0.476. The molecule has 2 amide bonds. The number of amides is 2. The summed E-state index contributed by atoms with van der Waals surface area (Å²) < 4.78 is 0. The van der Waals surface area contributed by atoms with Crippen LogP contribution in [0.3, 0.4) is 0 Å². The van der Waals surface area contributed by atoms with E-state index in [1.54, 1.807) is 18.2 Å². The molecular formula is C18H15Cl2N3O2S. The molecule has 2 aromatic carbocycles. The zero-order valence-electron chi connectivity index (χ0n) is 13.5. The Hall–Kier alpha value is -2.02. The third kappa shape index (κ3) is 5.24. The molecule has 0 radical (unpaired) electrons. The van der Waals surface area contributed by atoms with Crippen LogP contribution >= 0.6 is 35.0 Å². The topological polar surface area (TPSA) is 70.6 Å². The number of halogens is 2. The number of carbonyl (C=O) groups excluding carboxylic acids is 2. The van der Waals surface area contributed by atoms with Crippen molar-refractivity contribution >= 4 is 57.6 Å². The van der Waals surface area contributed by atoms with E-state index in [4.69, 9.17) is 23.2 Å². The van der Waals surface area contributed by atoms with E-state index in [9.17, 15) is 9.59 Å². The van der Waals surface area contributed by atoms with Gasteiger partial charge in [0.05, 0.1) is 6.54 Å². The normalized spacial score (nSPS) is 18.0. The Morgan fingerprint density at radius 2 is 1.85 bits per heavy atom. The van der Waals surface area contributed by atoms with Crippen molar-refractivity contribution in [3.8, 4) is 0 Å². The second-order valence-corrected chi connectivity index (χ2v) is 7.68. The van der Waals surface area contributed by atoms with Crippen LogP contribution in [0.25, 0.3) is 0 Å². The fraction of sp³-hybridized carbons (Fsp3) is 0.167. The highest BCUT2D eigenvalue weighted by Crippen LogP contribution is 2.25. The van der Waals surface area contributed by atoms with Crippen molar-refractivity contribution in [2.75, 3.05) is 5.32 Å². The van der Waals surface area contributed by atoms with Crippen LogP contribution < -0.4 is 10.6 Å². The summed E-state index contributed by atoms with van der Waals surface area (Å²) >= 11 is 13.1. The van der Waals surface area contributed by atoms with E-state index < -0.39 is 5.25 Å². The molecule has 0 saturated carbocycles. The molecule has 1 aliphatic heterocycles. The van der Waals surface area contributed by atoms with Crippen molar-refractivity contribution in [2.24, 2.45) is 4.99 Å². The first-order valence-electron chi connectivity index (χ1n) is 7.81. The van der Waals surface area contributed by atoms with Crippen LogP contribution in [0.15, 0.2) is 53.5 Å². The van der Waals surface area contributed by atoms with Gasteiger partial charge in [0.25, 0.3) is 0 Å². The van der Waals surface area contributed by atoms with Crippen molar-refractivity contribution < 1.29 is 9.59 Å². The first kappa shape index (κ1) is 18.8. The van der Waals surface area contributed by atoms with Crippen molar-refractivity contribution in [1.82, 2.24) is 5.32 Å². The van der Waals surface area contributed by atoms with Gasteiger partial charge in [0.15, 0.2) is 5.17 Å². The number of amidine groups is 1. The summed E-state index contributed by atoms with van der Waals surface area (Å²) in [6.07, 6.45) is 0.0327. The van der Waals surface area contributed by atoms with Gasteiger partial charge in [-0.15, -0.1) is 0 Å². The van der Waals surface area contributed by atoms with Gasteiger partial charge in [-0.2, -0.15) is 0 Å². The van der Waals surface area contributed by atoms with Gasteiger partial charge in [0, 0.05) is 22.2 Å². The maximum atomic E-state index is 12.2. The molecule has 5 nitrogen and oxygen atoms in total. The Labute approximate surface area is 165 Å². The summed E-state index contributed by atoms with van der Waals surface area (Å²) in [5, 5.41) is 6.29. The Morgan fingerprint density at radius 1 is 1.15 bits per heavy atom. The van der Waals surface area contributed by atoms with Crippen molar-refractivity contribution in [1.29, 1.82) is 0 Å². The minimum absolute atomic E-state index is 0.0327. The fourth-order valence-electron chi connectivity index (χ4n) is 2.37. The highest BCUT2D eigenvalue weighted by Gasteiger charge is 2.32. The number of hydrogen-bond acceptors (Lipinski definition) is 4. The molecule has 26 heavy (non-hydrogen) atoms. The Balaban J connectivity index is 1.56. The zero-order chi connectivity index (χ0) is 18.5. The Morgan fingerprint density at radius 3 is 2.54 bits per heavy atom. The Bertz CT molecular complexity index is 839. The van der Waals surface area contributed by atoms with Gasteiger partial charge >= 0.3 is 0 Å². The van der Waals surface area contributed by atoms with Gasteiger partial charge < -0.3 is 10.6 Å². The maximum absolute atomic E-state index is 12.2. The molecule has 0 bridgehead atoms. The summed E-state index contributed by atoms with van der Waals surface area (Å²) in [7, 11) is 0. The number of nitrogens with zero attached hydrogens (tertiary/aromatic N) is 1. The summed E-state index contributed by atoms with van der Waals surface area (Å²) in [5.41, 5.74) is 1.54. The van der Waals surface area contributed by atoms with Gasteiger partial charge in [0.1, 0.15) is 5.25 Å². The van der Waals surface area contributed by atoms with Gasteiger partial charge in [-0.25, -0.2) is 0 Å². The molecule has 1 heterocycles. The van der Waals surface area contributed by atoms with Crippen LogP contribution in [0.2, 0.25) is 10.0 Å². The van der Waals surface area contributed by atoms with E-state index in [2.05, 4.69) is 15.6 Å². The van der Waals surface area contributed by atoms with Gasteiger partial charge in [-0.3, -0.25) is 14.6 Å². The molecule has 0 aliphatic carbocycles. The molecule has 2 N–H and O–H groups in total. The number of anilines is 1. The molecule has 1 fully saturated rings. The zero-order valence-corrected chi connectivity index (χ0v) is 15.9. The second-order valence-electron chi connectivity index (χ2n) is 5.61. The van der Waals surface area contributed by atoms with Crippen molar-refractivity contribution in [2.45, 2.75) is 18.2 Å². The summed E-state index contributed by atoms with van der Waals surface area (Å²) in [6, 6.07) is 14.5. The molecule has 1 aliphatic rings. The number of nitrogens with one attached hydrogen (secondary N) is 2. The van der Waals surface area contributed by atoms with E-state index in [1.165, 1.54) is 11.8 Å². The molecule has 1 atom stereocenters. The molecule has 1 saturated heterocycles. The fourth-order valence-corrected chi connectivity index (χ4v) is 3.86. The third-order valence-corrected chi connectivity index (χ3v) is 5.10. The molecule has 0 aromatic heterocycles. The van der Waals surface area contributed by atoms with Gasteiger partial charge in [-0.1, -0.05) is 65.3 Å². The summed E-state index contributed by atoms with van der Waals surface area (Å²) in [5.74, 6) is -0.513. The maximum Gasteiger partial charge on any atom is 0.240 e. The smallest absolute Gasteiger partial charge is 0.240 e. The van der Waals surface area contributed by atoms with Gasteiger partial charge in [-0.05, 0) is 23.8 Å². The van der Waals surface area contributed by atoms with Crippen LogP contribution in [0.4, 0.5) is 5.69 Å². The van der Waals surface area contributed by atoms with Crippen molar-refractivity contribution in [3.63, 3.8) is 0 Å². The van der Waals surface area contributed by atoms with E-state index >= 15 is 0 Å². The van der Waals surface area contributed by atoms with Crippen LogP contribution in [0.5, 0.6) is 0 Å². The number of hydrogen-bond donors (Lipinski definition) is 2. The number of benzene rings is 2. The van der Waals surface area contributed by atoms with E-state index in [0.29, 0.717) is 27.4 Å². The lowest BCUT2D eigenvalue weighted by Gasteiger charge is -2.08. The minimum atomic E-state index is -0.515. The average molecular weight is 408 g/mol. The Kier molecular flexibility index (Phi) is 6.19. The highest BCUT2D eigenvalue weighted by molar-refractivity contribution is 8.15.